The van der Waals surface area contributed by atoms with Crippen LogP contribution in [0.1, 0.15) is 56.0 Å². The molecular formula is C33H44BrClN6O3. The van der Waals surface area contributed by atoms with Gasteiger partial charge in [-0.15, -0.1) is 0 Å². The van der Waals surface area contributed by atoms with Crippen LogP contribution in [0.15, 0.2) is 53.7 Å². The Bertz CT molecular complexity index is 1310. The van der Waals surface area contributed by atoms with Crippen LogP contribution in [0.25, 0.3) is 0 Å². The van der Waals surface area contributed by atoms with Crippen molar-refractivity contribution in [3.63, 3.8) is 0 Å². The van der Waals surface area contributed by atoms with Crippen molar-refractivity contribution in [3.05, 3.63) is 81.1 Å². The summed E-state index contributed by atoms with van der Waals surface area (Å²) in [6.07, 6.45) is 13.6. The molecule has 3 aromatic rings. The molecule has 0 bridgehead atoms. The second-order valence-electron chi connectivity index (χ2n) is 12.4. The predicted octanol–water partition coefficient (Wildman–Crippen LogP) is 5.77. The summed E-state index contributed by atoms with van der Waals surface area (Å²) in [7, 11) is 0. The van der Waals surface area contributed by atoms with Gasteiger partial charge >= 0.3 is 6.09 Å². The number of fused-ring (bicyclic) bond motifs is 2. The zero-order chi connectivity index (χ0) is 31.5. The number of imidazole rings is 1. The lowest BCUT2D eigenvalue weighted by Gasteiger charge is -2.30. The quantitative estimate of drug-likeness (QED) is 0.352. The molecule has 2 amide bonds. The first kappa shape index (κ1) is 33.9. The fraction of sp³-hybridized carbons (Fsp3) is 0.515. The summed E-state index contributed by atoms with van der Waals surface area (Å²) in [5, 5.41) is 4.01. The molecule has 4 heterocycles. The summed E-state index contributed by atoms with van der Waals surface area (Å²) in [6.45, 7) is 11.6. The number of likely N-dealkylation sites (tertiary alicyclic amines) is 1. The Hall–Kier alpha value is -2.95. The third kappa shape index (κ3) is 10.9. The van der Waals surface area contributed by atoms with E-state index in [9.17, 15) is 9.59 Å². The van der Waals surface area contributed by atoms with Crippen LogP contribution < -0.4 is 5.32 Å². The van der Waals surface area contributed by atoms with Gasteiger partial charge in [-0.2, -0.15) is 0 Å². The Morgan fingerprint density at radius 3 is 2.61 bits per heavy atom. The van der Waals surface area contributed by atoms with Crippen LogP contribution in [0.3, 0.4) is 0 Å². The van der Waals surface area contributed by atoms with E-state index in [1.54, 1.807) is 11.1 Å². The van der Waals surface area contributed by atoms with Crippen molar-refractivity contribution in [2.75, 3.05) is 39.3 Å². The minimum absolute atomic E-state index is 0.200. The van der Waals surface area contributed by atoms with Crippen LogP contribution in [0.4, 0.5) is 4.79 Å². The van der Waals surface area contributed by atoms with Crippen molar-refractivity contribution >= 4 is 40.0 Å². The van der Waals surface area contributed by atoms with Gasteiger partial charge in [0.25, 0.3) is 0 Å². The first-order valence-electron chi connectivity index (χ1n) is 15.3. The molecule has 6 rings (SSSR count). The minimum Gasteiger partial charge on any atom is -0.444 e. The second kappa shape index (κ2) is 16.4. The number of hydrogen-bond donors (Lipinski definition) is 1. The van der Waals surface area contributed by atoms with Gasteiger partial charge in [-0.1, -0.05) is 17.7 Å². The Morgan fingerprint density at radius 1 is 1.14 bits per heavy atom. The number of piperazine rings is 1. The molecule has 11 heteroatoms. The van der Waals surface area contributed by atoms with Crippen molar-refractivity contribution in [1.82, 2.24) is 29.7 Å². The average molecular weight is 688 g/mol. The monoisotopic (exact) mass is 686 g/mol. The zero-order valence-corrected chi connectivity index (χ0v) is 28.3. The fourth-order valence-corrected chi connectivity index (χ4v) is 6.12. The molecule has 0 radical (unpaired) electrons. The minimum atomic E-state index is -0.387. The standard InChI is InChI=1S/C14H11BrClN.C10H15N3O.C9H18N2O2/c15-12-5-11-2-1-9-6-13(16)4-3-10(9)7-14(11)17-8-12;14-9-13-4-1-2-10(7-13)6-12-5-3-11-8-12;1-9(2,3)13-8(12)11-6-4-10-5-7-11/h3-6,8H,1-2,7H2;3,5,8-10H,1-2,4,6-7H2;10H,4-7H2,1-3H3. The van der Waals surface area contributed by atoms with E-state index in [0.29, 0.717) is 5.92 Å². The highest BCUT2D eigenvalue weighted by Crippen LogP contribution is 2.27. The van der Waals surface area contributed by atoms with E-state index >= 15 is 0 Å². The summed E-state index contributed by atoms with van der Waals surface area (Å²) in [6, 6.07) is 8.34. The maximum absolute atomic E-state index is 11.5. The summed E-state index contributed by atoms with van der Waals surface area (Å²) in [5.74, 6) is 0.586. The van der Waals surface area contributed by atoms with Gasteiger partial charge in [0, 0.05) is 86.0 Å². The van der Waals surface area contributed by atoms with E-state index in [2.05, 4.69) is 54.0 Å². The number of piperidine rings is 1. The van der Waals surface area contributed by atoms with E-state index in [1.807, 2.05) is 50.5 Å². The van der Waals surface area contributed by atoms with Gasteiger partial charge in [-0.25, -0.2) is 9.78 Å². The van der Waals surface area contributed by atoms with Crippen LogP contribution in [-0.4, -0.2) is 81.7 Å². The molecule has 0 spiro atoms. The first-order chi connectivity index (χ1) is 21.1. The number of nitrogens with one attached hydrogen (secondary N) is 1. The number of nitrogens with zero attached hydrogens (tertiary/aromatic N) is 5. The summed E-state index contributed by atoms with van der Waals surface area (Å²) >= 11 is 9.52. The Labute approximate surface area is 274 Å². The molecule has 2 aliphatic heterocycles. The third-order valence-corrected chi connectivity index (χ3v) is 8.38. The lowest BCUT2D eigenvalue weighted by molar-refractivity contribution is -0.119. The van der Waals surface area contributed by atoms with Crippen LogP contribution in [0.2, 0.25) is 5.02 Å². The number of aromatic nitrogens is 3. The molecule has 3 aliphatic rings. The van der Waals surface area contributed by atoms with E-state index in [4.69, 9.17) is 16.3 Å². The lowest BCUT2D eigenvalue weighted by atomic mass is 9.98. The van der Waals surface area contributed by atoms with Gasteiger partial charge in [0.05, 0.1) is 6.33 Å². The molecule has 2 fully saturated rings. The highest BCUT2D eigenvalue weighted by molar-refractivity contribution is 9.10. The molecular weight excluding hydrogens is 644 g/mol. The molecule has 1 aromatic carbocycles. The van der Waals surface area contributed by atoms with Crippen LogP contribution in [0, 0.1) is 5.92 Å². The van der Waals surface area contributed by atoms with Gasteiger partial charge < -0.3 is 24.4 Å². The molecule has 1 atom stereocenters. The Kier molecular flexibility index (Phi) is 12.6. The first-order valence-corrected chi connectivity index (χ1v) is 16.5. The summed E-state index contributed by atoms with van der Waals surface area (Å²) < 4.78 is 8.37. The second-order valence-corrected chi connectivity index (χ2v) is 13.8. The Morgan fingerprint density at radius 2 is 1.91 bits per heavy atom. The molecule has 1 aliphatic carbocycles. The van der Waals surface area contributed by atoms with Gasteiger partial charge in [-0.3, -0.25) is 9.78 Å². The van der Waals surface area contributed by atoms with Gasteiger partial charge in [-0.05, 0) is 103 Å². The van der Waals surface area contributed by atoms with Gasteiger partial charge in [0.2, 0.25) is 6.41 Å². The van der Waals surface area contributed by atoms with Crippen LogP contribution in [-0.2, 0) is 35.3 Å². The van der Waals surface area contributed by atoms with Gasteiger partial charge in [0.1, 0.15) is 5.60 Å². The highest BCUT2D eigenvalue weighted by atomic mass is 79.9. The summed E-state index contributed by atoms with van der Waals surface area (Å²) in [5.41, 5.74) is 4.85. The smallest absolute Gasteiger partial charge is 0.410 e. The average Bonchev–Trinajstić information content (AvgIpc) is 3.45. The topological polar surface area (TPSA) is 92.6 Å². The summed E-state index contributed by atoms with van der Waals surface area (Å²) in [4.78, 5) is 34.2. The van der Waals surface area contributed by atoms with Crippen LogP contribution >= 0.6 is 27.5 Å². The maximum atomic E-state index is 11.5. The number of ether oxygens (including phenoxy) is 1. The molecule has 9 nitrogen and oxygen atoms in total. The number of halogens is 2. The van der Waals surface area contributed by atoms with Crippen LogP contribution in [0.5, 0.6) is 0 Å². The number of benzene rings is 1. The number of pyridine rings is 1. The predicted molar refractivity (Wildman–Crippen MR) is 177 cm³/mol. The normalized spacial score (nSPS) is 17.9. The number of hydrogen-bond acceptors (Lipinski definition) is 6. The lowest BCUT2D eigenvalue weighted by Crippen LogP contribution is -2.48. The van der Waals surface area contributed by atoms with Crippen molar-refractivity contribution in [2.24, 2.45) is 5.92 Å². The zero-order valence-electron chi connectivity index (χ0n) is 26.0. The third-order valence-electron chi connectivity index (χ3n) is 7.71. The molecule has 2 saturated heterocycles. The number of carbonyl (C=O) groups excluding carboxylic acids is 2. The number of amides is 2. The SMILES string of the molecule is CC(C)(C)OC(=O)N1CCNCC1.Clc1ccc2c(c1)CCc1cc(Br)cnc1C2.O=CN1CCCC(Cn2ccnc2)C1. The van der Waals surface area contributed by atoms with E-state index < -0.39 is 0 Å². The molecule has 238 valence electrons. The van der Waals surface area contributed by atoms with Gasteiger partial charge in [0.15, 0.2) is 0 Å². The van der Waals surface area contributed by atoms with E-state index in [1.165, 1.54) is 28.8 Å². The van der Waals surface area contributed by atoms with Crippen molar-refractivity contribution in [2.45, 2.75) is 65.0 Å². The molecule has 44 heavy (non-hydrogen) atoms. The van der Waals surface area contributed by atoms with Crippen molar-refractivity contribution in [3.8, 4) is 0 Å². The largest absolute Gasteiger partial charge is 0.444 e. The molecule has 2 aromatic heterocycles. The highest BCUT2D eigenvalue weighted by Gasteiger charge is 2.23. The van der Waals surface area contributed by atoms with E-state index in [0.717, 1.165) is 87.4 Å². The molecule has 1 N–H and O–H groups in total. The fourth-order valence-electron chi connectivity index (χ4n) is 5.54. The maximum Gasteiger partial charge on any atom is 0.410 e. The van der Waals surface area contributed by atoms with Crippen molar-refractivity contribution < 1.29 is 14.3 Å². The number of carbonyl (C=O) groups is 2. The Balaban J connectivity index is 0.000000153. The molecule has 0 saturated carbocycles. The molecule has 1 unspecified atom stereocenters. The van der Waals surface area contributed by atoms with Crippen molar-refractivity contribution in [1.29, 1.82) is 0 Å². The van der Waals surface area contributed by atoms with E-state index in [-0.39, 0.29) is 11.7 Å². The number of aryl methyl sites for hydroxylation is 2. The number of rotatable bonds is 3.